The van der Waals surface area contributed by atoms with Crippen LogP contribution in [0.4, 0.5) is 0 Å². The molecule has 7 nitrogen and oxygen atoms in total. The van der Waals surface area contributed by atoms with Crippen molar-refractivity contribution in [1.29, 1.82) is 5.41 Å². The molecule has 0 saturated carbocycles. The van der Waals surface area contributed by atoms with Gasteiger partial charge >= 0.3 is 0 Å². The number of primary amides is 1. The van der Waals surface area contributed by atoms with Crippen molar-refractivity contribution in [2.24, 2.45) is 5.73 Å². The van der Waals surface area contributed by atoms with Gasteiger partial charge in [0.15, 0.2) is 23.9 Å². The van der Waals surface area contributed by atoms with Crippen LogP contribution in [0.15, 0.2) is 33.1 Å². The maximum Gasteiger partial charge on any atom is 0.255 e. The predicted octanol–water partition coefficient (Wildman–Crippen LogP) is 3.59. The first kappa shape index (κ1) is 20.6. The molecule has 3 rings (SSSR count). The van der Waals surface area contributed by atoms with Gasteiger partial charge in [-0.3, -0.25) is 15.0 Å². The molecule has 1 saturated heterocycles. The molecule has 3 N–H and O–H groups in total. The van der Waals surface area contributed by atoms with E-state index in [-0.39, 0.29) is 17.4 Å². The molecule has 1 atom stereocenters. The molecule has 2 aromatic rings. The Labute approximate surface area is 178 Å². The summed E-state index contributed by atoms with van der Waals surface area (Å²) in [7, 11) is 0. The van der Waals surface area contributed by atoms with Gasteiger partial charge in [-0.25, -0.2) is 4.98 Å². The number of allylic oxidation sites excluding steroid dienone is 1. The van der Waals surface area contributed by atoms with Crippen LogP contribution in [0.5, 0.6) is 11.5 Å². The van der Waals surface area contributed by atoms with Crippen LogP contribution in [0.2, 0.25) is 0 Å². The number of aromatic nitrogens is 1. The molecular formula is C18H16BrN3O4S2. The number of carbonyl (C=O) groups excluding carboxylic acids is 2. The Hall–Kier alpha value is -2.17. The zero-order valence-electron chi connectivity index (χ0n) is 14.7. The normalized spacial score (nSPS) is 17.9. The third-order valence-electron chi connectivity index (χ3n) is 3.67. The molecule has 0 spiro atoms. The average Bonchev–Trinajstić information content (AvgIpc) is 3.23. The third-order valence-corrected chi connectivity index (χ3v) is 6.10. The summed E-state index contributed by atoms with van der Waals surface area (Å²) in [5, 5.41) is 10.8. The van der Waals surface area contributed by atoms with Crippen molar-refractivity contribution >= 4 is 61.8 Å². The Balaban J connectivity index is 1.92. The number of hydrogen-bond donors (Lipinski definition) is 2. The topological polar surface area (TPSA) is 115 Å². The summed E-state index contributed by atoms with van der Waals surface area (Å²) in [6.45, 7) is 1.94. The number of thiazole rings is 1. The van der Waals surface area contributed by atoms with E-state index in [9.17, 15) is 9.59 Å². The number of ketones is 1. The summed E-state index contributed by atoms with van der Waals surface area (Å²) in [5.41, 5.74) is 5.84. The number of carbonyl (C=O) groups is 2. The van der Waals surface area contributed by atoms with Crippen molar-refractivity contribution in [3.63, 3.8) is 0 Å². The highest BCUT2D eigenvalue weighted by atomic mass is 79.9. The van der Waals surface area contributed by atoms with Gasteiger partial charge in [-0.1, -0.05) is 11.8 Å². The fourth-order valence-electron chi connectivity index (χ4n) is 2.56. The molecule has 0 radical (unpaired) electrons. The molecule has 1 fully saturated rings. The molecule has 28 heavy (non-hydrogen) atoms. The highest BCUT2D eigenvalue weighted by molar-refractivity contribution is 9.10. The van der Waals surface area contributed by atoms with Crippen LogP contribution >= 0.6 is 39.0 Å². The first-order valence-corrected chi connectivity index (χ1v) is 10.7. The van der Waals surface area contributed by atoms with E-state index in [1.165, 1.54) is 11.3 Å². The fraction of sp³-hybridized carbons (Fsp3) is 0.222. The van der Waals surface area contributed by atoms with Crippen molar-refractivity contribution in [3.05, 3.63) is 43.7 Å². The molecule has 0 bridgehead atoms. The van der Waals surface area contributed by atoms with Crippen molar-refractivity contribution in [3.8, 4) is 11.5 Å². The van der Waals surface area contributed by atoms with Gasteiger partial charge in [0.25, 0.3) is 5.91 Å². The van der Waals surface area contributed by atoms with E-state index in [1.54, 1.807) is 29.8 Å². The highest BCUT2D eigenvalue weighted by Gasteiger charge is 2.38. The van der Waals surface area contributed by atoms with Crippen LogP contribution < -0.4 is 15.2 Å². The molecule has 0 aliphatic carbocycles. The zero-order chi connectivity index (χ0) is 20.3. The van der Waals surface area contributed by atoms with Crippen molar-refractivity contribution in [2.45, 2.75) is 12.8 Å². The number of ether oxygens (including phenoxy) is 2. The van der Waals surface area contributed by atoms with Crippen LogP contribution in [-0.2, 0) is 9.59 Å². The summed E-state index contributed by atoms with van der Waals surface area (Å²) >= 11 is 5.90. The Kier molecular flexibility index (Phi) is 6.53. The minimum Gasteiger partial charge on any atom is -0.490 e. The number of rotatable bonds is 7. The SMILES string of the molecule is CCOc1cc(/C=C2\SC(=N)[C@H](c3nccs3)C2=O)cc(Br)c1OCC(N)=O. The van der Waals surface area contributed by atoms with E-state index in [2.05, 4.69) is 20.9 Å². The largest absolute Gasteiger partial charge is 0.490 e. The average molecular weight is 482 g/mol. The Morgan fingerprint density at radius 2 is 2.21 bits per heavy atom. The Bertz CT molecular complexity index is 960. The first-order valence-electron chi connectivity index (χ1n) is 8.19. The zero-order valence-corrected chi connectivity index (χ0v) is 17.9. The van der Waals surface area contributed by atoms with Crippen molar-refractivity contribution in [2.75, 3.05) is 13.2 Å². The van der Waals surface area contributed by atoms with Crippen LogP contribution in [0, 0.1) is 5.41 Å². The Morgan fingerprint density at radius 3 is 2.86 bits per heavy atom. The standard InChI is InChI=1S/C18H16BrN3O4S2/c1-2-25-11-6-9(5-10(19)16(11)26-8-13(20)23)7-12-15(24)14(17(21)28-12)18-22-3-4-27-18/h3-7,14,21H,2,8H2,1H3,(H2,20,23)/b12-7-,21-17?/t14-/m1/s1. The van der Waals surface area contributed by atoms with Gasteiger partial charge in [-0.05, 0) is 46.6 Å². The number of halogens is 1. The van der Waals surface area contributed by atoms with Crippen molar-refractivity contribution < 1.29 is 19.1 Å². The van der Waals surface area contributed by atoms with E-state index >= 15 is 0 Å². The number of nitrogens with one attached hydrogen (secondary N) is 1. The van der Waals surface area contributed by atoms with E-state index < -0.39 is 11.8 Å². The predicted molar refractivity (Wildman–Crippen MR) is 113 cm³/mol. The minimum atomic E-state index is -0.635. The highest BCUT2D eigenvalue weighted by Crippen LogP contribution is 2.43. The fourth-order valence-corrected chi connectivity index (χ4v) is 4.94. The molecule has 1 aromatic heterocycles. The van der Waals surface area contributed by atoms with Crippen molar-refractivity contribution in [1.82, 2.24) is 4.98 Å². The lowest BCUT2D eigenvalue weighted by Gasteiger charge is -2.14. The first-order chi connectivity index (χ1) is 13.4. The molecule has 1 aliphatic rings. The maximum atomic E-state index is 12.8. The van der Waals surface area contributed by atoms with E-state index in [1.807, 2.05) is 6.92 Å². The molecule has 1 aliphatic heterocycles. The monoisotopic (exact) mass is 481 g/mol. The quantitative estimate of drug-likeness (QED) is 0.583. The second kappa shape index (κ2) is 8.89. The van der Waals surface area contributed by atoms with Gasteiger partial charge in [-0.2, -0.15) is 0 Å². The van der Waals surface area contributed by atoms with Crippen LogP contribution in [0.3, 0.4) is 0 Å². The van der Waals surface area contributed by atoms with Crippen LogP contribution in [0.1, 0.15) is 23.4 Å². The summed E-state index contributed by atoms with van der Waals surface area (Å²) < 4.78 is 11.6. The number of benzene rings is 1. The van der Waals surface area contributed by atoms with Gasteiger partial charge in [0.1, 0.15) is 10.9 Å². The number of Topliss-reactive ketones (excluding diaryl/α,β-unsaturated/α-hetero) is 1. The molecule has 10 heteroatoms. The summed E-state index contributed by atoms with van der Waals surface area (Å²) in [4.78, 5) is 28.4. The number of nitrogens with zero attached hydrogens (tertiary/aromatic N) is 1. The van der Waals surface area contributed by atoms with Gasteiger partial charge in [0.05, 0.1) is 21.0 Å². The third kappa shape index (κ3) is 4.45. The number of nitrogens with two attached hydrogens (primary N) is 1. The van der Waals surface area contributed by atoms with Gasteiger partial charge in [-0.15, -0.1) is 11.3 Å². The van der Waals surface area contributed by atoms with Gasteiger partial charge in [0.2, 0.25) is 0 Å². The molecular weight excluding hydrogens is 466 g/mol. The lowest BCUT2D eigenvalue weighted by atomic mass is 10.0. The van der Waals surface area contributed by atoms with E-state index in [4.69, 9.17) is 20.6 Å². The van der Waals surface area contributed by atoms with Crippen LogP contribution in [0.25, 0.3) is 6.08 Å². The molecule has 1 aromatic carbocycles. The smallest absolute Gasteiger partial charge is 0.255 e. The number of amides is 1. The van der Waals surface area contributed by atoms with Gasteiger partial charge < -0.3 is 15.2 Å². The molecule has 146 valence electrons. The summed E-state index contributed by atoms with van der Waals surface area (Å²) in [5.74, 6) is -0.592. The molecule has 2 heterocycles. The summed E-state index contributed by atoms with van der Waals surface area (Å²) in [6.07, 6.45) is 3.34. The molecule has 0 unspecified atom stereocenters. The van der Waals surface area contributed by atoms with Crippen LogP contribution in [-0.4, -0.2) is 34.9 Å². The van der Waals surface area contributed by atoms with E-state index in [0.29, 0.717) is 38.1 Å². The number of thioether (sulfide) groups is 1. The number of hydrogen-bond acceptors (Lipinski definition) is 8. The lowest BCUT2D eigenvalue weighted by Crippen LogP contribution is -2.20. The maximum absolute atomic E-state index is 12.8. The van der Waals surface area contributed by atoms with Gasteiger partial charge in [0, 0.05) is 11.6 Å². The summed E-state index contributed by atoms with van der Waals surface area (Å²) in [6, 6.07) is 3.46. The lowest BCUT2D eigenvalue weighted by molar-refractivity contribution is -0.120. The second-order valence-corrected chi connectivity index (χ2v) is 8.52. The molecule has 1 amide bonds. The van der Waals surface area contributed by atoms with E-state index in [0.717, 1.165) is 11.8 Å². The second-order valence-electron chi connectivity index (χ2n) is 5.66. The minimum absolute atomic E-state index is 0.145. The Morgan fingerprint density at radius 1 is 1.43 bits per heavy atom.